The molecule has 3 aromatic heterocycles. The number of fused-ring (bicyclic) bond motifs is 1. The molecular weight excluding hydrogens is 240 g/mol. The zero-order chi connectivity index (χ0) is 13.2. The third-order valence-electron chi connectivity index (χ3n) is 2.93. The molecule has 0 amide bonds. The Bertz CT molecular complexity index is 683. The molecule has 3 aromatic rings. The first kappa shape index (κ1) is 11.7. The minimum Gasteiger partial charge on any atom is -0.370 e. The molecule has 2 N–H and O–H groups in total. The van der Waals surface area contributed by atoms with Crippen molar-refractivity contribution in [1.82, 2.24) is 24.6 Å². The van der Waals surface area contributed by atoms with Gasteiger partial charge in [0.1, 0.15) is 5.82 Å². The molecule has 0 fully saturated rings. The number of rotatable bonds is 4. The van der Waals surface area contributed by atoms with Gasteiger partial charge in [-0.1, -0.05) is 0 Å². The van der Waals surface area contributed by atoms with Crippen LogP contribution in [0.2, 0.25) is 0 Å². The monoisotopic (exact) mass is 256 g/mol. The van der Waals surface area contributed by atoms with Gasteiger partial charge in [-0.2, -0.15) is 9.61 Å². The predicted octanol–water partition coefficient (Wildman–Crippen LogP) is 1.72. The highest BCUT2D eigenvalue weighted by Gasteiger charge is 2.06. The van der Waals surface area contributed by atoms with Gasteiger partial charge >= 0.3 is 0 Å². The molecule has 0 radical (unpaired) electrons. The van der Waals surface area contributed by atoms with Crippen molar-refractivity contribution in [2.24, 2.45) is 0 Å². The van der Waals surface area contributed by atoms with Crippen LogP contribution in [-0.2, 0) is 6.42 Å². The molecule has 6 heteroatoms. The van der Waals surface area contributed by atoms with Crippen LogP contribution >= 0.6 is 0 Å². The number of nitrogens with one attached hydrogen (secondary N) is 2. The maximum atomic E-state index is 4.46. The number of aryl methyl sites for hydroxylation is 2. The van der Waals surface area contributed by atoms with Crippen molar-refractivity contribution < 1.29 is 0 Å². The first-order valence-electron chi connectivity index (χ1n) is 6.27. The van der Waals surface area contributed by atoms with E-state index in [1.54, 1.807) is 6.33 Å². The van der Waals surface area contributed by atoms with Crippen LogP contribution in [-0.4, -0.2) is 31.1 Å². The second-order valence-electron chi connectivity index (χ2n) is 4.59. The third-order valence-corrected chi connectivity index (χ3v) is 2.93. The van der Waals surface area contributed by atoms with Gasteiger partial charge in [0.05, 0.1) is 12.0 Å². The lowest BCUT2D eigenvalue weighted by molar-refractivity contribution is 0.886. The topological polar surface area (TPSA) is 70.9 Å². The molecule has 0 saturated carbocycles. The summed E-state index contributed by atoms with van der Waals surface area (Å²) in [5, 5.41) is 7.83. The standard InChI is InChI=1S/C13H16N6/c1-9-5-12(15-4-3-11-7-14-8-16-11)19-13(17-9)6-10(2)18-19/h5-8,15H,3-4H2,1-2H3,(H,14,16). The maximum Gasteiger partial charge on any atom is 0.157 e. The molecule has 19 heavy (non-hydrogen) atoms. The maximum absolute atomic E-state index is 4.46. The molecule has 0 aliphatic heterocycles. The molecular formula is C13H16N6. The van der Waals surface area contributed by atoms with Gasteiger partial charge in [0.25, 0.3) is 0 Å². The van der Waals surface area contributed by atoms with Gasteiger partial charge in [0.15, 0.2) is 5.65 Å². The Morgan fingerprint density at radius 1 is 1.26 bits per heavy atom. The van der Waals surface area contributed by atoms with Crippen LogP contribution in [0.1, 0.15) is 17.1 Å². The highest BCUT2D eigenvalue weighted by atomic mass is 15.3. The van der Waals surface area contributed by atoms with Crippen LogP contribution in [0, 0.1) is 13.8 Å². The van der Waals surface area contributed by atoms with Crippen LogP contribution in [0.15, 0.2) is 24.7 Å². The zero-order valence-corrected chi connectivity index (χ0v) is 11.0. The van der Waals surface area contributed by atoms with Gasteiger partial charge in [-0.05, 0) is 13.8 Å². The third kappa shape index (κ3) is 2.42. The summed E-state index contributed by atoms with van der Waals surface area (Å²) in [6.45, 7) is 4.78. The van der Waals surface area contributed by atoms with E-state index >= 15 is 0 Å². The zero-order valence-electron chi connectivity index (χ0n) is 11.0. The highest BCUT2D eigenvalue weighted by molar-refractivity contribution is 5.50. The Morgan fingerprint density at radius 3 is 2.95 bits per heavy atom. The lowest BCUT2D eigenvalue weighted by atomic mass is 10.3. The Hall–Kier alpha value is -2.37. The van der Waals surface area contributed by atoms with Gasteiger partial charge in [-0.25, -0.2) is 9.97 Å². The van der Waals surface area contributed by atoms with Gasteiger partial charge in [-0.3, -0.25) is 0 Å². The van der Waals surface area contributed by atoms with E-state index in [0.29, 0.717) is 0 Å². The summed E-state index contributed by atoms with van der Waals surface area (Å²) in [5.74, 6) is 0.968. The number of nitrogens with zero attached hydrogens (tertiary/aromatic N) is 4. The van der Waals surface area contributed by atoms with Gasteiger partial charge in [0.2, 0.25) is 0 Å². The number of H-pyrrole nitrogens is 1. The summed E-state index contributed by atoms with van der Waals surface area (Å²) in [6, 6.07) is 3.99. The first-order valence-corrected chi connectivity index (χ1v) is 6.27. The second kappa shape index (κ2) is 4.72. The van der Waals surface area contributed by atoms with E-state index in [0.717, 1.165) is 41.5 Å². The van der Waals surface area contributed by atoms with Crippen molar-refractivity contribution in [3.05, 3.63) is 41.7 Å². The molecule has 0 aliphatic carbocycles. The van der Waals surface area contributed by atoms with E-state index in [-0.39, 0.29) is 0 Å². The quantitative estimate of drug-likeness (QED) is 0.745. The van der Waals surface area contributed by atoms with E-state index in [4.69, 9.17) is 0 Å². The lowest BCUT2D eigenvalue weighted by Gasteiger charge is -2.08. The summed E-state index contributed by atoms with van der Waals surface area (Å²) in [4.78, 5) is 11.6. The van der Waals surface area contributed by atoms with E-state index in [1.807, 2.05) is 36.7 Å². The minimum absolute atomic E-state index is 0.819. The number of anilines is 1. The first-order chi connectivity index (χ1) is 9.22. The number of hydrogen-bond donors (Lipinski definition) is 2. The average molecular weight is 256 g/mol. The van der Waals surface area contributed by atoms with Crippen molar-refractivity contribution in [3.63, 3.8) is 0 Å². The Balaban J connectivity index is 1.79. The van der Waals surface area contributed by atoms with Crippen molar-refractivity contribution in [1.29, 1.82) is 0 Å². The smallest absolute Gasteiger partial charge is 0.157 e. The van der Waals surface area contributed by atoms with Gasteiger partial charge in [0, 0.05) is 42.7 Å². The summed E-state index contributed by atoms with van der Waals surface area (Å²) in [6.07, 6.45) is 4.43. The van der Waals surface area contributed by atoms with Crippen LogP contribution in [0.4, 0.5) is 5.82 Å². The molecule has 0 aliphatic rings. The van der Waals surface area contributed by atoms with Crippen LogP contribution < -0.4 is 5.32 Å². The Morgan fingerprint density at radius 2 is 2.16 bits per heavy atom. The number of imidazole rings is 1. The van der Waals surface area contributed by atoms with E-state index in [1.165, 1.54) is 0 Å². The highest BCUT2D eigenvalue weighted by Crippen LogP contribution is 2.13. The Kier molecular flexibility index (Phi) is 2.91. The van der Waals surface area contributed by atoms with Gasteiger partial charge in [-0.15, -0.1) is 0 Å². The van der Waals surface area contributed by atoms with E-state index < -0.39 is 0 Å². The second-order valence-corrected chi connectivity index (χ2v) is 4.59. The van der Waals surface area contributed by atoms with Crippen molar-refractivity contribution in [2.75, 3.05) is 11.9 Å². The number of hydrogen-bond acceptors (Lipinski definition) is 4. The Labute approximate surface area is 110 Å². The van der Waals surface area contributed by atoms with Crippen molar-refractivity contribution in [2.45, 2.75) is 20.3 Å². The SMILES string of the molecule is Cc1cc(NCCc2cnc[nH]2)n2nc(C)cc2n1. The van der Waals surface area contributed by atoms with Crippen LogP contribution in [0.3, 0.4) is 0 Å². The average Bonchev–Trinajstić information content (AvgIpc) is 2.97. The molecule has 0 spiro atoms. The van der Waals surface area contributed by atoms with Crippen molar-refractivity contribution >= 4 is 11.5 Å². The molecule has 0 atom stereocenters. The van der Waals surface area contributed by atoms with Crippen LogP contribution in [0.25, 0.3) is 5.65 Å². The number of aromatic amines is 1. The predicted molar refractivity (Wildman–Crippen MR) is 73.2 cm³/mol. The fraction of sp³-hybridized carbons (Fsp3) is 0.308. The van der Waals surface area contributed by atoms with Gasteiger partial charge < -0.3 is 10.3 Å². The summed E-state index contributed by atoms with van der Waals surface area (Å²) in [7, 11) is 0. The molecule has 3 rings (SSSR count). The molecule has 3 heterocycles. The number of aromatic nitrogens is 5. The van der Waals surface area contributed by atoms with Crippen LogP contribution in [0.5, 0.6) is 0 Å². The van der Waals surface area contributed by atoms with E-state index in [9.17, 15) is 0 Å². The fourth-order valence-corrected chi connectivity index (χ4v) is 2.09. The molecule has 0 unspecified atom stereocenters. The molecule has 0 bridgehead atoms. The molecule has 98 valence electrons. The van der Waals surface area contributed by atoms with E-state index in [2.05, 4.69) is 25.4 Å². The summed E-state index contributed by atoms with van der Waals surface area (Å²) >= 11 is 0. The molecule has 0 saturated heterocycles. The largest absolute Gasteiger partial charge is 0.370 e. The summed E-state index contributed by atoms with van der Waals surface area (Å²) < 4.78 is 1.84. The molecule has 0 aromatic carbocycles. The lowest BCUT2D eigenvalue weighted by Crippen LogP contribution is -2.10. The fourth-order valence-electron chi connectivity index (χ4n) is 2.09. The minimum atomic E-state index is 0.819. The normalized spacial score (nSPS) is 11.1. The molecule has 6 nitrogen and oxygen atoms in total. The summed E-state index contributed by atoms with van der Waals surface area (Å²) in [5.41, 5.74) is 3.94. The van der Waals surface area contributed by atoms with Crippen molar-refractivity contribution in [3.8, 4) is 0 Å².